The Balaban J connectivity index is 2.16. The normalized spacial score (nSPS) is 18.3. The van der Waals surface area contributed by atoms with Crippen LogP contribution in [0.2, 0.25) is 0 Å². The number of hydrogen-bond acceptors (Lipinski definition) is 4. The highest BCUT2D eigenvalue weighted by molar-refractivity contribution is 9.11. The number of ether oxygens (including phenoxy) is 1. The maximum atomic E-state index is 5.36. The second-order valence-corrected chi connectivity index (χ2v) is 5.33. The van der Waals surface area contributed by atoms with Crippen molar-refractivity contribution in [3.63, 3.8) is 0 Å². The summed E-state index contributed by atoms with van der Waals surface area (Å²) in [5, 5.41) is 3.00. The Morgan fingerprint density at radius 2 is 2.32 bits per heavy atom. The van der Waals surface area contributed by atoms with Gasteiger partial charge in [-0.05, 0) is 28.1 Å². The van der Waals surface area contributed by atoms with Crippen LogP contribution >= 0.6 is 15.9 Å². The molecule has 0 saturated carbocycles. The number of rotatable bonds is 4. The van der Waals surface area contributed by atoms with E-state index in [4.69, 9.17) is 4.74 Å². The molecule has 0 spiro atoms. The lowest BCUT2D eigenvalue weighted by Gasteiger charge is -2.28. The Morgan fingerprint density at radius 3 is 3.00 bits per heavy atom. The lowest BCUT2D eigenvalue weighted by atomic mass is 10.1. The Labute approximate surface area is 122 Å². The van der Waals surface area contributed by atoms with Gasteiger partial charge in [-0.1, -0.05) is 0 Å². The van der Waals surface area contributed by atoms with E-state index in [9.17, 15) is 0 Å². The average molecular weight is 328 g/mol. The molecule has 1 unspecified atom stereocenters. The predicted octanol–water partition coefficient (Wildman–Crippen LogP) is 0.657. The fourth-order valence-electron chi connectivity index (χ4n) is 2.01. The molecule has 1 fully saturated rings. The van der Waals surface area contributed by atoms with Crippen molar-refractivity contribution >= 4 is 21.7 Å². The van der Waals surface area contributed by atoms with Gasteiger partial charge in [-0.2, -0.15) is 0 Å². The SMILES string of the molecule is CN/C=C(/Br)C([NH3+])c1ccnc(N2CCOCC2)c1. The van der Waals surface area contributed by atoms with Gasteiger partial charge in [-0.15, -0.1) is 0 Å². The minimum absolute atomic E-state index is 0.0650. The maximum Gasteiger partial charge on any atom is 0.144 e. The van der Waals surface area contributed by atoms with Crippen molar-refractivity contribution in [1.82, 2.24) is 10.3 Å². The van der Waals surface area contributed by atoms with E-state index in [-0.39, 0.29) is 6.04 Å². The zero-order chi connectivity index (χ0) is 13.7. The molecule has 1 aliphatic heterocycles. The minimum Gasteiger partial charge on any atom is -0.393 e. The summed E-state index contributed by atoms with van der Waals surface area (Å²) in [6.45, 7) is 3.32. The van der Waals surface area contributed by atoms with E-state index in [2.05, 4.69) is 42.9 Å². The number of pyridine rings is 1. The van der Waals surface area contributed by atoms with E-state index in [1.807, 2.05) is 25.5 Å². The quantitative estimate of drug-likeness (QED) is 0.852. The number of quaternary nitrogens is 1. The number of nitrogens with zero attached hydrogens (tertiary/aromatic N) is 2. The standard InChI is InChI=1S/C13H19BrN4O/c1-16-9-11(14)13(15)10-2-3-17-12(8-10)18-4-6-19-7-5-18/h2-3,8-9,13,16H,4-7,15H2,1H3/p+1/b11-9+. The smallest absolute Gasteiger partial charge is 0.144 e. The number of anilines is 1. The molecule has 1 atom stereocenters. The zero-order valence-corrected chi connectivity index (χ0v) is 12.7. The lowest BCUT2D eigenvalue weighted by Crippen LogP contribution is -2.53. The van der Waals surface area contributed by atoms with Crippen molar-refractivity contribution in [2.45, 2.75) is 6.04 Å². The largest absolute Gasteiger partial charge is 0.393 e. The Kier molecular flexibility index (Phi) is 5.18. The third kappa shape index (κ3) is 3.68. The summed E-state index contributed by atoms with van der Waals surface area (Å²) >= 11 is 3.54. The molecular formula is C13H20BrN4O+. The molecular weight excluding hydrogens is 308 g/mol. The van der Waals surface area contributed by atoms with Crippen LogP contribution in [0.5, 0.6) is 0 Å². The lowest BCUT2D eigenvalue weighted by molar-refractivity contribution is -0.410. The van der Waals surface area contributed by atoms with Crippen LogP contribution in [0.1, 0.15) is 11.6 Å². The van der Waals surface area contributed by atoms with E-state index in [1.165, 1.54) is 0 Å². The summed E-state index contributed by atoms with van der Waals surface area (Å²) in [7, 11) is 1.87. The van der Waals surface area contributed by atoms with E-state index >= 15 is 0 Å². The molecule has 104 valence electrons. The molecule has 6 heteroatoms. The highest BCUT2D eigenvalue weighted by Gasteiger charge is 2.17. The molecule has 2 heterocycles. The van der Waals surface area contributed by atoms with Gasteiger partial charge in [0.1, 0.15) is 11.9 Å². The van der Waals surface area contributed by atoms with Crippen LogP contribution in [0, 0.1) is 0 Å². The van der Waals surface area contributed by atoms with Gasteiger partial charge in [-0.3, -0.25) is 0 Å². The van der Waals surface area contributed by atoms with Crippen molar-refractivity contribution in [2.75, 3.05) is 38.3 Å². The molecule has 1 aromatic heterocycles. The summed E-state index contributed by atoms with van der Waals surface area (Å²) < 4.78 is 6.38. The van der Waals surface area contributed by atoms with E-state index in [0.717, 1.165) is 42.2 Å². The molecule has 4 N–H and O–H groups in total. The van der Waals surface area contributed by atoms with Crippen molar-refractivity contribution in [2.24, 2.45) is 0 Å². The first-order valence-electron chi connectivity index (χ1n) is 6.37. The number of nitrogens with one attached hydrogen (secondary N) is 1. The van der Waals surface area contributed by atoms with Crippen LogP contribution < -0.4 is 16.0 Å². The molecule has 0 aromatic carbocycles. The van der Waals surface area contributed by atoms with Crippen molar-refractivity contribution in [3.8, 4) is 0 Å². The fourth-order valence-corrected chi connectivity index (χ4v) is 2.51. The van der Waals surface area contributed by atoms with Crippen LogP contribution in [0.4, 0.5) is 5.82 Å². The van der Waals surface area contributed by atoms with Crippen molar-refractivity contribution < 1.29 is 10.5 Å². The Bertz CT molecular complexity index is 446. The van der Waals surface area contributed by atoms with Crippen LogP contribution in [0.15, 0.2) is 29.0 Å². The number of morpholine rings is 1. The Hall–Kier alpha value is -1.11. The third-order valence-electron chi connectivity index (χ3n) is 3.12. The predicted molar refractivity (Wildman–Crippen MR) is 79.0 cm³/mol. The summed E-state index contributed by atoms with van der Waals surface area (Å²) in [5.41, 5.74) is 5.33. The molecule has 19 heavy (non-hydrogen) atoms. The second-order valence-electron chi connectivity index (χ2n) is 4.42. The van der Waals surface area contributed by atoms with Crippen LogP contribution in [0.3, 0.4) is 0 Å². The van der Waals surface area contributed by atoms with Crippen molar-refractivity contribution in [3.05, 3.63) is 34.6 Å². The van der Waals surface area contributed by atoms with Gasteiger partial charge in [0.15, 0.2) is 0 Å². The Morgan fingerprint density at radius 1 is 1.58 bits per heavy atom. The van der Waals surface area contributed by atoms with Crippen LogP contribution in [-0.4, -0.2) is 38.3 Å². The molecule has 2 rings (SSSR count). The van der Waals surface area contributed by atoms with Gasteiger partial charge < -0.3 is 20.7 Å². The molecule has 5 nitrogen and oxygen atoms in total. The third-order valence-corrected chi connectivity index (χ3v) is 3.90. The van der Waals surface area contributed by atoms with Gasteiger partial charge in [0, 0.05) is 38.1 Å². The topological polar surface area (TPSA) is 65.0 Å². The van der Waals surface area contributed by atoms with Crippen LogP contribution in [0.25, 0.3) is 0 Å². The summed E-state index contributed by atoms with van der Waals surface area (Å²) in [6, 6.07) is 4.18. The molecule has 0 radical (unpaired) electrons. The summed E-state index contributed by atoms with van der Waals surface area (Å²) in [6.07, 6.45) is 3.75. The van der Waals surface area contributed by atoms with Gasteiger partial charge >= 0.3 is 0 Å². The molecule has 1 saturated heterocycles. The summed E-state index contributed by atoms with van der Waals surface area (Å²) in [5.74, 6) is 0.999. The summed E-state index contributed by atoms with van der Waals surface area (Å²) in [4.78, 5) is 6.69. The maximum absolute atomic E-state index is 5.36. The molecule has 0 aliphatic carbocycles. The molecule has 0 amide bonds. The van der Waals surface area contributed by atoms with E-state index in [0.29, 0.717) is 0 Å². The zero-order valence-electron chi connectivity index (χ0n) is 11.1. The van der Waals surface area contributed by atoms with Crippen molar-refractivity contribution in [1.29, 1.82) is 0 Å². The van der Waals surface area contributed by atoms with Gasteiger partial charge in [-0.25, -0.2) is 4.98 Å². The van der Waals surface area contributed by atoms with E-state index in [1.54, 1.807) is 0 Å². The first kappa shape index (κ1) is 14.3. The van der Waals surface area contributed by atoms with Crippen LogP contribution in [-0.2, 0) is 4.74 Å². The average Bonchev–Trinajstić information content (AvgIpc) is 2.48. The number of hydrogen-bond donors (Lipinski definition) is 2. The van der Waals surface area contributed by atoms with Gasteiger partial charge in [0.05, 0.1) is 17.7 Å². The first-order chi connectivity index (χ1) is 9.22. The van der Waals surface area contributed by atoms with Gasteiger partial charge in [0.25, 0.3) is 0 Å². The molecule has 1 aromatic rings. The minimum atomic E-state index is 0.0650. The van der Waals surface area contributed by atoms with Gasteiger partial charge in [0.2, 0.25) is 0 Å². The highest BCUT2D eigenvalue weighted by atomic mass is 79.9. The first-order valence-corrected chi connectivity index (χ1v) is 7.16. The number of aromatic nitrogens is 1. The number of halogens is 1. The highest BCUT2D eigenvalue weighted by Crippen LogP contribution is 2.24. The molecule has 0 bridgehead atoms. The molecule has 1 aliphatic rings. The monoisotopic (exact) mass is 327 g/mol. The fraction of sp³-hybridized carbons (Fsp3) is 0.462. The van der Waals surface area contributed by atoms with E-state index < -0.39 is 0 Å². The second kappa shape index (κ2) is 6.88.